The van der Waals surface area contributed by atoms with Crippen molar-refractivity contribution in [3.8, 4) is 5.75 Å². The molecule has 27 heavy (non-hydrogen) atoms. The van der Waals surface area contributed by atoms with Crippen LogP contribution < -0.4 is 4.74 Å². The predicted molar refractivity (Wildman–Crippen MR) is 97.1 cm³/mol. The summed E-state index contributed by atoms with van der Waals surface area (Å²) in [6, 6.07) is 13.6. The molecule has 1 amide bonds. The second-order valence-electron chi connectivity index (χ2n) is 7.34. The number of carbonyl (C=O) groups is 1. The number of hydrogen-bond donors (Lipinski definition) is 2. The molecule has 4 atom stereocenters. The Morgan fingerprint density at radius 2 is 2.04 bits per heavy atom. The number of likely N-dealkylation sites (tertiary alicyclic amines) is 1. The van der Waals surface area contributed by atoms with Crippen LogP contribution in [0.5, 0.6) is 5.75 Å². The van der Waals surface area contributed by atoms with Crippen molar-refractivity contribution in [2.24, 2.45) is 11.3 Å². The molecule has 2 aliphatic rings. The molecule has 0 aromatic heterocycles. The highest BCUT2D eigenvalue weighted by Gasteiger charge is 2.71. The number of rotatable bonds is 4. The molecule has 2 aromatic carbocycles. The summed E-state index contributed by atoms with van der Waals surface area (Å²) in [7, 11) is 1.39. The van der Waals surface area contributed by atoms with Crippen LogP contribution in [0.2, 0.25) is 0 Å². The second-order valence-corrected chi connectivity index (χ2v) is 7.34. The molecule has 2 fully saturated rings. The zero-order chi connectivity index (χ0) is 19.2. The molecule has 4 rings (SSSR count). The number of halogens is 1. The molecule has 1 heterocycles. The first-order chi connectivity index (χ1) is 13.0. The predicted octanol–water partition coefficient (Wildman–Crippen LogP) is 2.04. The van der Waals surface area contributed by atoms with Crippen LogP contribution in [0.15, 0.2) is 48.5 Å². The number of aliphatic hydroxyl groups excluding tert-OH is 2. The second kappa shape index (κ2) is 6.62. The number of nitrogens with zero attached hydrogens (tertiary/aromatic N) is 1. The van der Waals surface area contributed by atoms with Gasteiger partial charge in [0.1, 0.15) is 11.6 Å². The highest BCUT2D eigenvalue weighted by atomic mass is 19.1. The van der Waals surface area contributed by atoms with E-state index in [4.69, 9.17) is 4.74 Å². The Hall–Kier alpha value is -2.44. The van der Waals surface area contributed by atoms with E-state index in [9.17, 15) is 19.4 Å². The van der Waals surface area contributed by atoms with E-state index >= 15 is 0 Å². The number of amides is 1. The minimum atomic E-state index is -0.727. The molecule has 0 radical (unpaired) electrons. The number of benzene rings is 2. The molecule has 2 aromatic rings. The largest absolute Gasteiger partial charge is 0.496 e. The summed E-state index contributed by atoms with van der Waals surface area (Å²) >= 11 is 0. The van der Waals surface area contributed by atoms with Crippen LogP contribution in [0.3, 0.4) is 0 Å². The number of aliphatic hydroxyl groups is 2. The van der Waals surface area contributed by atoms with Gasteiger partial charge in [0.15, 0.2) is 0 Å². The summed E-state index contributed by atoms with van der Waals surface area (Å²) in [5.74, 6) is -0.704. The smallest absolute Gasteiger partial charge is 0.257 e. The Balaban J connectivity index is 1.61. The Morgan fingerprint density at radius 3 is 2.70 bits per heavy atom. The highest BCUT2D eigenvalue weighted by Crippen LogP contribution is 2.68. The van der Waals surface area contributed by atoms with Crippen molar-refractivity contribution < 1.29 is 24.1 Å². The lowest BCUT2D eigenvalue weighted by Gasteiger charge is -2.18. The van der Waals surface area contributed by atoms with E-state index in [0.29, 0.717) is 6.54 Å². The normalized spacial score (nSPS) is 29.2. The highest BCUT2D eigenvalue weighted by molar-refractivity contribution is 5.97. The van der Waals surface area contributed by atoms with E-state index in [0.717, 1.165) is 5.56 Å². The zero-order valence-corrected chi connectivity index (χ0v) is 15.0. The molecule has 1 spiro atoms. The third-order valence-corrected chi connectivity index (χ3v) is 6.08. The summed E-state index contributed by atoms with van der Waals surface area (Å²) in [6.45, 7) is 0.482. The maximum atomic E-state index is 13.4. The quantitative estimate of drug-likeness (QED) is 0.863. The van der Waals surface area contributed by atoms with Gasteiger partial charge in [0.05, 0.1) is 18.8 Å². The van der Waals surface area contributed by atoms with E-state index < -0.39 is 17.3 Å². The van der Waals surface area contributed by atoms with Crippen LogP contribution in [0.4, 0.5) is 4.39 Å². The standard InChI is InChI=1S/C21H22FNO4/c1-27-17-9-14(22)7-8-15(17)20(26)23-10-18(25)21(12-23)16(11-24)19(21)13-5-3-2-4-6-13/h2-9,16,18-19,24-25H,10-12H2,1H3/t16-,18+,19-,21-/m1/s1. The van der Waals surface area contributed by atoms with E-state index in [1.165, 1.54) is 25.3 Å². The lowest BCUT2D eigenvalue weighted by Crippen LogP contribution is -2.30. The number of methoxy groups -OCH3 is 1. The van der Waals surface area contributed by atoms with Crippen LogP contribution in [0.25, 0.3) is 0 Å². The fourth-order valence-corrected chi connectivity index (χ4v) is 4.73. The first-order valence-electron chi connectivity index (χ1n) is 8.99. The summed E-state index contributed by atoms with van der Waals surface area (Å²) in [6.07, 6.45) is -0.727. The van der Waals surface area contributed by atoms with Crippen LogP contribution in [-0.2, 0) is 0 Å². The van der Waals surface area contributed by atoms with E-state index in [1.54, 1.807) is 4.90 Å². The summed E-state index contributed by atoms with van der Waals surface area (Å²) < 4.78 is 18.6. The number of hydrogen-bond acceptors (Lipinski definition) is 4. The van der Waals surface area contributed by atoms with Gasteiger partial charge in [-0.15, -0.1) is 0 Å². The van der Waals surface area contributed by atoms with Crippen molar-refractivity contribution >= 4 is 5.91 Å². The minimum Gasteiger partial charge on any atom is -0.496 e. The minimum absolute atomic E-state index is 0.00612. The number of carbonyl (C=O) groups excluding carboxylic acids is 1. The molecule has 1 saturated carbocycles. The van der Waals surface area contributed by atoms with Crippen molar-refractivity contribution in [2.45, 2.75) is 12.0 Å². The fraction of sp³-hybridized carbons (Fsp3) is 0.381. The fourth-order valence-electron chi connectivity index (χ4n) is 4.73. The van der Waals surface area contributed by atoms with E-state index in [1.807, 2.05) is 30.3 Å². The van der Waals surface area contributed by atoms with Gasteiger partial charge in [0.25, 0.3) is 5.91 Å². The molecular weight excluding hydrogens is 349 g/mol. The van der Waals surface area contributed by atoms with Crippen molar-refractivity contribution in [1.82, 2.24) is 4.90 Å². The molecule has 6 heteroatoms. The average Bonchev–Trinajstić information content (AvgIpc) is 3.22. The van der Waals surface area contributed by atoms with E-state index in [-0.39, 0.29) is 42.2 Å². The van der Waals surface area contributed by atoms with Gasteiger partial charge in [-0.1, -0.05) is 30.3 Å². The maximum Gasteiger partial charge on any atom is 0.257 e. The number of β-amino-alcohol motifs (C(OH)–C–C–N with tert-alkyl or cyclic N) is 1. The maximum absolute atomic E-state index is 13.4. The molecule has 5 nitrogen and oxygen atoms in total. The zero-order valence-electron chi connectivity index (χ0n) is 15.0. The SMILES string of the molecule is COc1cc(F)ccc1C(=O)N1C[C@H](O)[C@@]2(C1)[C@H](CO)[C@H]2c1ccccc1. The van der Waals surface area contributed by atoms with Crippen LogP contribution in [0, 0.1) is 17.2 Å². The lowest BCUT2D eigenvalue weighted by atomic mass is 9.95. The molecule has 0 bridgehead atoms. The Bertz CT molecular complexity index is 859. The summed E-state index contributed by atoms with van der Waals surface area (Å²) in [4.78, 5) is 14.6. The third-order valence-electron chi connectivity index (χ3n) is 6.08. The van der Waals surface area contributed by atoms with Crippen molar-refractivity contribution in [1.29, 1.82) is 0 Å². The third kappa shape index (κ3) is 2.71. The topological polar surface area (TPSA) is 70.0 Å². The summed E-state index contributed by atoms with van der Waals surface area (Å²) in [5, 5.41) is 20.7. The first-order valence-corrected chi connectivity index (χ1v) is 8.99. The van der Waals surface area contributed by atoms with Gasteiger partial charge in [0.2, 0.25) is 0 Å². The van der Waals surface area contributed by atoms with Crippen molar-refractivity contribution in [3.63, 3.8) is 0 Å². The lowest BCUT2D eigenvalue weighted by molar-refractivity contribution is 0.0760. The van der Waals surface area contributed by atoms with Gasteiger partial charge in [-0.25, -0.2) is 4.39 Å². The van der Waals surface area contributed by atoms with Crippen LogP contribution >= 0.6 is 0 Å². The molecule has 142 valence electrons. The van der Waals surface area contributed by atoms with Gasteiger partial charge in [-0.2, -0.15) is 0 Å². The Morgan fingerprint density at radius 1 is 1.30 bits per heavy atom. The van der Waals surface area contributed by atoms with Gasteiger partial charge in [-0.3, -0.25) is 4.79 Å². The van der Waals surface area contributed by atoms with E-state index in [2.05, 4.69) is 0 Å². The molecule has 2 N–H and O–H groups in total. The molecule has 1 aliphatic carbocycles. The monoisotopic (exact) mass is 371 g/mol. The molecule has 1 saturated heterocycles. The van der Waals surface area contributed by atoms with Gasteiger partial charge >= 0.3 is 0 Å². The Kier molecular flexibility index (Phi) is 4.40. The number of ether oxygens (including phenoxy) is 1. The van der Waals surface area contributed by atoms with Crippen molar-refractivity contribution in [2.75, 3.05) is 26.8 Å². The molecule has 1 aliphatic heterocycles. The average molecular weight is 371 g/mol. The summed E-state index contributed by atoms with van der Waals surface area (Å²) in [5.41, 5.74) is 0.781. The van der Waals surface area contributed by atoms with Crippen LogP contribution in [-0.4, -0.2) is 53.9 Å². The van der Waals surface area contributed by atoms with Crippen molar-refractivity contribution in [3.05, 3.63) is 65.5 Å². The van der Waals surface area contributed by atoms with Gasteiger partial charge < -0.3 is 19.8 Å². The molecular formula is C21H22FNO4. The van der Waals surface area contributed by atoms with Gasteiger partial charge in [0, 0.05) is 31.2 Å². The first kappa shape index (κ1) is 17.9. The van der Waals surface area contributed by atoms with Crippen LogP contribution in [0.1, 0.15) is 21.8 Å². The Labute approximate surface area is 157 Å². The molecule has 0 unspecified atom stereocenters. The van der Waals surface area contributed by atoms with Gasteiger partial charge in [-0.05, 0) is 29.5 Å².